The fourth-order valence-corrected chi connectivity index (χ4v) is 1.96. The Bertz CT molecular complexity index is 444. The molecule has 5 heteroatoms. The van der Waals surface area contributed by atoms with E-state index in [1.165, 1.54) is 0 Å². The number of aliphatic carboxylic acids is 1. The lowest BCUT2D eigenvalue weighted by Crippen LogP contribution is -2.19. The first-order chi connectivity index (χ1) is 8.09. The molecule has 0 aliphatic carbocycles. The van der Waals surface area contributed by atoms with Crippen molar-refractivity contribution in [2.75, 3.05) is 13.2 Å². The minimum Gasteiger partial charge on any atom is -0.486 e. The third-order valence-corrected chi connectivity index (χ3v) is 3.04. The Kier molecular flexibility index (Phi) is 3.43. The van der Waals surface area contributed by atoms with Gasteiger partial charge in [0.05, 0.1) is 5.92 Å². The molecule has 17 heavy (non-hydrogen) atoms. The molecule has 1 heterocycles. The molecule has 0 fully saturated rings. The normalized spacial score (nSPS) is 15.4. The zero-order valence-electron chi connectivity index (χ0n) is 9.40. The SMILES string of the molecule is CC(Cc1c(Cl)ccc2c1OCCO2)C(=O)O. The summed E-state index contributed by atoms with van der Waals surface area (Å²) in [4.78, 5) is 10.9. The quantitative estimate of drug-likeness (QED) is 0.902. The Labute approximate surface area is 104 Å². The number of benzene rings is 1. The average Bonchev–Trinajstić information content (AvgIpc) is 2.32. The molecule has 92 valence electrons. The highest BCUT2D eigenvalue weighted by atomic mass is 35.5. The molecule has 2 rings (SSSR count). The van der Waals surface area contributed by atoms with E-state index in [2.05, 4.69) is 0 Å². The lowest BCUT2D eigenvalue weighted by atomic mass is 10.00. The first-order valence-corrected chi connectivity index (χ1v) is 5.77. The Morgan fingerprint density at radius 3 is 2.88 bits per heavy atom. The van der Waals surface area contributed by atoms with Crippen molar-refractivity contribution in [3.8, 4) is 11.5 Å². The summed E-state index contributed by atoms with van der Waals surface area (Å²) in [6.07, 6.45) is 0.334. The van der Waals surface area contributed by atoms with E-state index in [1.54, 1.807) is 19.1 Å². The van der Waals surface area contributed by atoms with Crippen LogP contribution in [0.4, 0.5) is 0 Å². The number of carboxylic acid groups (broad SMARTS) is 1. The van der Waals surface area contributed by atoms with Crippen LogP contribution in [0.25, 0.3) is 0 Å². The maximum Gasteiger partial charge on any atom is 0.306 e. The van der Waals surface area contributed by atoms with E-state index >= 15 is 0 Å². The molecule has 1 unspecified atom stereocenters. The molecule has 0 amide bonds. The van der Waals surface area contributed by atoms with E-state index in [-0.39, 0.29) is 0 Å². The van der Waals surface area contributed by atoms with Crippen LogP contribution in [0.2, 0.25) is 5.02 Å². The summed E-state index contributed by atoms with van der Waals surface area (Å²) in [6, 6.07) is 3.45. The smallest absolute Gasteiger partial charge is 0.306 e. The van der Waals surface area contributed by atoms with Crippen LogP contribution in [-0.2, 0) is 11.2 Å². The van der Waals surface area contributed by atoms with Crippen LogP contribution in [-0.4, -0.2) is 24.3 Å². The van der Waals surface area contributed by atoms with Gasteiger partial charge in [-0.3, -0.25) is 4.79 Å². The summed E-state index contributed by atoms with van der Waals surface area (Å²) >= 11 is 6.08. The van der Waals surface area contributed by atoms with E-state index in [0.717, 1.165) is 0 Å². The topological polar surface area (TPSA) is 55.8 Å². The molecule has 0 saturated heterocycles. The monoisotopic (exact) mass is 256 g/mol. The number of carboxylic acids is 1. The zero-order valence-corrected chi connectivity index (χ0v) is 10.2. The largest absolute Gasteiger partial charge is 0.486 e. The molecule has 0 spiro atoms. The van der Waals surface area contributed by atoms with Gasteiger partial charge >= 0.3 is 5.97 Å². The molecule has 1 atom stereocenters. The van der Waals surface area contributed by atoms with Gasteiger partial charge in [-0.15, -0.1) is 0 Å². The van der Waals surface area contributed by atoms with Crippen LogP contribution in [0.15, 0.2) is 12.1 Å². The van der Waals surface area contributed by atoms with E-state index in [0.29, 0.717) is 41.7 Å². The summed E-state index contributed by atoms with van der Waals surface area (Å²) in [6.45, 7) is 2.60. The van der Waals surface area contributed by atoms with Crippen LogP contribution in [0, 0.1) is 5.92 Å². The first kappa shape index (κ1) is 12.0. The van der Waals surface area contributed by atoms with Crippen molar-refractivity contribution in [2.24, 2.45) is 5.92 Å². The highest BCUT2D eigenvalue weighted by Gasteiger charge is 2.22. The maximum atomic E-state index is 10.9. The fraction of sp³-hybridized carbons (Fsp3) is 0.417. The zero-order chi connectivity index (χ0) is 12.4. The van der Waals surface area contributed by atoms with Crippen LogP contribution in [0.1, 0.15) is 12.5 Å². The predicted molar refractivity (Wildman–Crippen MR) is 62.9 cm³/mol. The maximum absolute atomic E-state index is 10.9. The number of hydrogen-bond acceptors (Lipinski definition) is 3. The summed E-state index contributed by atoms with van der Waals surface area (Å²) in [5, 5.41) is 9.44. The molecule has 0 radical (unpaired) electrons. The third kappa shape index (κ3) is 2.47. The number of ether oxygens (including phenoxy) is 2. The molecular formula is C12H13ClO4. The Hall–Kier alpha value is -1.42. The molecule has 0 bridgehead atoms. The van der Waals surface area contributed by atoms with Gasteiger partial charge in [0.25, 0.3) is 0 Å². The van der Waals surface area contributed by atoms with Crippen LogP contribution in [0.5, 0.6) is 11.5 Å². The van der Waals surface area contributed by atoms with Gasteiger partial charge in [-0.1, -0.05) is 18.5 Å². The molecule has 1 aromatic rings. The number of rotatable bonds is 3. The lowest BCUT2D eigenvalue weighted by Gasteiger charge is -2.22. The highest BCUT2D eigenvalue weighted by Crippen LogP contribution is 2.39. The van der Waals surface area contributed by atoms with Crippen molar-refractivity contribution in [1.82, 2.24) is 0 Å². The minimum atomic E-state index is -0.851. The molecule has 0 saturated carbocycles. The van der Waals surface area contributed by atoms with Gasteiger partial charge in [0.2, 0.25) is 0 Å². The summed E-state index contributed by atoms with van der Waals surface area (Å²) in [7, 11) is 0. The van der Waals surface area contributed by atoms with Crippen LogP contribution < -0.4 is 9.47 Å². The van der Waals surface area contributed by atoms with E-state index < -0.39 is 11.9 Å². The van der Waals surface area contributed by atoms with Gasteiger partial charge in [-0.2, -0.15) is 0 Å². The van der Waals surface area contributed by atoms with Gasteiger partial charge in [0, 0.05) is 10.6 Å². The standard InChI is InChI=1S/C12H13ClO4/c1-7(12(14)15)6-8-9(13)2-3-10-11(8)17-5-4-16-10/h2-3,7H,4-6H2,1H3,(H,14,15). The Balaban J connectivity index is 2.34. The van der Waals surface area contributed by atoms with Crippen molar-refractivity contribution >= 4 is 17.6 Å². The van der Waals surface area contributed by atoms with E-state index in [4.69, 9.17) is 26.2 Å². The predicted octanol–water partition coefficient (Wildman–Crippen LogP) is 2.37. The summed E-state index contributed by atoms with van der Waals surface area (Å²) in [5.74, 6) is -0.148. The first-order valence-electron chi connectivity index (χ1n) is 5.39. The van der Waals surface area contributed by atoms with Crippen molar-refractivity contribution in [1.29, 1.82) is 0 Å². The molecule has 1 aliphatic rings. The molecule has 1 aromatic carbocycles. The van der Waals surface area contributed by atoms with Crippen molar-refractivity contribution < 1.29 is 19.4 Å². The molecule has 0 aromatic heterocycles. The third-order valence-electron chi connectivity index (χ3n) is 2.69. The second-order valence-electron chi connectivity index (χ2n) is 3.99. The highest BCUT2D eigenvalue weighted by molar-refractivity contribution is 6.31. The van der Waals surface area contributed by atoms with Crippen molar-refractivity contribution in [3.63, 3.8) is 0 Å². The Morgan fingerprint density at radius 2 is 2.18 bits per heavy atom. The van der Waals surface area contributed by atoms with Crippen molar-refractivity contribution in [3.05, 3.63) is 22.7 Å². The summed E-state index contributed by atoms with van der Waals surface area (Å²) < 4.78 is 10.9. The second-order valence-corrected chi connectivity index (χ2v) is 4.40. The molecule has 1 aliphatic heterocycles. The minimum absolute atomic E-state index is 0.334. The van der Waals surface area contributed by atoms with Crippen LogP contribution >= 0.6 is 11.6 Å². The molecule has 4 nitrogen and oxygen atoms in total. The van der Waals surface area contributed by atoms with Gasteiger partial charge in [0.1, 0.15) is 13.2 Å². The Morgan fingerprint density at radius 1 is 1.47 bits per heavy atom. The number of hydrogen-bond donors (Lipinski definition) is 1. The fourth-order valence-electron chi connectivity index (χ4n) is 1.73. The van der Waals surface area contributed by atoms with E-state index in [1.807, 2.05) is 0 Å². The van der Waals surface area contributed by atoms with Crippen molar-refractivity contribution in [2.45, 2.75) is 13.3 Å². The second kappa shape index (κ2) is 4.84. The van der Waals surface area contributed by atoms with Gasteiger partial charge < -0.3 is 14.6 Å². The van der Waals surface area contributed by atoms with Gasteiger partial charge in [0.15, 0.2) is 11.5 Å². The number of fused-ring (bicyclic) bond motifs is 1. The van der Waals surface area contributed by atoms with Gasteiger partial charge in [-0.25, -0.2) is 0 Å². The van der Waals surface area contributed by atoms with E-state index in [9.17, 15) is 4.79 Å². The number of halogens is 1. The van der Waals surface area contributed by atoms with Crippen LogP contribution in [0.3, 0.4) is 0 Å². The van der Waals surface area contributed by atoms with Gasteiger partial charge in [-0.05, 0) is 18.6 Å². The number of carbonyl (C=O) groups is 1. The summed E-state index contributed by atoms with van der Waals surface area (Å²) in [5.41, 5.74) is 0.707. The average molecular weight is 257 g/mol. The molecular weight excluding hydrogens is 244 g/mol. The lowest BCUT2D eigenvalue weighted by molar-refractivity contribution is -0.141. The molecule has 1 N–H and O–H groups in total.